The van der Waals surface area contributed by atoms with Crippen molar-refractivity contribution in [1.29, 1.82) is 0 Å². The van der Waals surface area contributed by atoms with E-state index in [1.165, 1.54) is 31.4 Å². The molecule has 0 saturated carbocycles. The Labute approximate surface area is 106 Å². The molecule has 0 aliphatic heterocycles. The van der Waals surface area contributed by atoms with Crippen LogP contribution in [0.3, 0.4) is 0 Å². The lowest BCUT2D eigenvalue weighted by Crippen LogP contribution is -2.21. The third-order valence-electron chi connectivity index (χ3n) is 2.61. The van der Waals surface area contributed by atoms with Crippen molar-refractivity contribution in [2.75, 3.05) is 5.75 Å². The predicted molar refractivity (Wildman–Crippen MR) is 77.2 cm³/mol. The summed E-state index contributed by atoms with van der Waals surface area (Å²) in [5.74, 6) is 2.03. The topological polar surface area (TPSA) is 9.23 Å². The second kappa shape index (κ2) is 8.71. The van der Waals surface area contributed by atoms with E-state index in [9.17, 15) is 0 Å². The molecule has 0 fully saturated rings. The fourth-order valence-electron chi connectivity index (χ4n) is 1.70. The van der Waals surface area contributed by atoms with E-state index < -0.39 is 9.04 Å². The molecule has 1 rings (SSSR count). The molecular formula is C13H22OSSi. The van der Waals surface area contributed by atoms with Crippen LogP contribution in [0.1, 0.15) is 26.2 Å². The fourth-order valence-corrected chi connectivity index (χ4v) is 4.82. The second-order valence-electron chi connectivity index (χ2n) is 4.06. The molecule has 0 radical (unpaired) electrons. The lowest BCUT2D eigenvalue weighted by Gasteiger charge is -2.17. The molecule has 90 valence electrons. The van der Waals surface area contributed by atoms with Crippen LogP contribution in [0.5, 0.6) is 5.75 Å². The lowest BCUT2D eigenvalue weighted by atomic mass is 10.3. The van der Waals surface area contributed by atoms with Gasteiger partial charge in [0.2, 0.25) is 9.04 Å². The van der Waals surface area contributed by atoms with Gasteiger partial charge < -0.3 is 4.43 Å². The molecule has 0 aromatic heterocycles. The summed E-state index contributed by atoms with van der Waals surface area (Å²) in [5.41, 5.74) is 0. The molecule has 1 aromatic rings. The van der Waals surface area contributed by atoms with Crippen LogP contribution < -0.4 is 4.43 Å². The van der Waals surface area contributed by atoms with E-state index in [1.54, 1.807) is 0 Å². The van der Waals surface area contributed by atoms with Crippen LogP contribution >= 0.6 is 12.6 Å². The Hall–Kier alpha value is -0.413. The van der Waals surface area contributed by atoms with Crippen LogP contribution in [0, 0.1) is 0 Å². The maximum atomic E-state index is 6.12. The van der Waals surface area contributed by atoms with Crippen LogP contribution in [-0.2, 0) is 0 Å². The normalized spacial score (nSPS) is 12.4. The molecule has 1 aromatic carbocycles. The van der Waals surface area contributed by atoms with E-state index >= 15 is 0 Å². The van der Waals surface area contributed by atoms with Gasteiger partial charge >= 0.3 is 0 Å². The molecule has 0 heterocycles. The van der Waals surface area contributed by atoms with E-state index in [0.717, 1.165) is 11.5 Å². The fraction of sp³-hybridized carbons (Fsp3) is 0.538. The van der Waals surface area contributed by atoms with Gasteiger partial charge in [0.15, 0.2) is 0 Å². The summed E-state index contributed by atoms with van der Waals surface area (Å²) < 4.78 is 6.12. The van der Waals surface area contributed by atoms with Crippen molar-refractivity contribution < 1.29 is 4.43 Å². The Morgan fingerprint density at radius 1 is 1.12 bits per heavy atom. The highest BCUT2D eigenvalue weighted by molar-refractivity contribution is 7.80. The summed E-state index contributed by atoms with van der Waals surface area (Å²) >= 11 is 4.28. The second-order valence-corrected chi connectivity index (χ2v) is 7.14. The smallest absolute Gasteiger partial charge is 0.235 e. The zero-order valence-electron chi connectivity index (χ0n) is 10.1. The number of para-hydroxylation sites is 1. The van der Waals surface area contributed by atoms with Gasteiger partial charge in [-0.1, -0.05) is 38.0 Å². The molecule has 0 bridgehead atoms. The minimum Gasteiger partial charge on any atom is -0.546 e. The highest BCUT2D eigenvalue weighted by Crippen LogP contribution is 2.16. The first-order valence-corrected chi connectivity index (χ1v) is 8.93. The number of unbranched alkanes of at least 4 members (excludes halogenated alkanes) is 1. The van der Waals surface area contributed by atoms with E-state index in [-0.39, 0.29) is 0 Å². The van der Waals surface area contributed by atoms with Gasteiger partial charge in [-0.05, 0) is 36.4 Å². The van der Waals surface area contributed by atoms with Crippen LogP contribution in [0.4, 0.5) is 0 Å². The van der Waals surface area contributed by atoms with Gasteiger partial charge in [-0.2, -0.15) is 12.6 Å². The highest BCUT2D eigenvalue weighted by atomic mass is 32.1. The van der Waals surface area contributed by atoms with Gasteiger partial charge in [-0.15, -0.1) is 0 Å². The van der Waals surface area contributed by atoms with Crippen molar-refractivity contribution >= 4 is 21.7 Å². The van der Waals surface area contributed by atoms with E-state index in [0.29, 0.717) is 0 Å². The summed E-state index contributed by atoms with van der Waals surface area (Å²) in [4.78, 5) is 0. The molecule has 1 unspecified atom stereocenters. The van der Waals surface area contributed by atoms with Crippen molar-refractivity contribution in [3.05, 3.63) is 30.3 Å². The van der Waals surface area contributed by atoms with Crippen LogP contribution in [0.25, 0.3) is 0 Å². The number of rotatable bonds is 8. The Kier molecular flexibility index (Phi) is 7.43. The minimum atomic E-state index is -1.04. The highest BCUT2D eigenvalue weighted by Gasteiger charge is 2.12. The number of thiol groups is 1. The van der Waals surface area contributed by atoms with Crippen molar-refractivity contribution in [2.24, 2.45) is 0 Å². The number of hydrogen-bond donors (Lipinski definition) is 1. The molecule has 1 nitrogen and oxygen atoms in total. The first kappa shape index (κ1) is 13.7. The number of hydrogen-bond acceptors (Lipinski definition) is 2. The van der Waals surface area contributed by atoms with Gasteiger partial charge in [-0.3, -0.25) is 0 Å². The zero-order valence-corrected chi connectivity index (χ0v) is 12.1. The third-order valence-corrected chi connectivity index (χ3v) is 5.64. The van der Waals surface area contributed by atoms with Gasteiger partial charge in [0.25, 0.3) is 0 Å². The van der Waals surface area contributed by atoms with E-state index in [4.69, 9.17) is 4.43 Å². The first-order chi connectivity index (χ1) is 7.86. The Morgan fingerprint density at radius 2 is 1.81 bits per heavy atom. The maximum absolute atomic E-state index is 6.12. The summed E-state index contributed by atoms with van der Waals surface area (Å²) in [7, 11) is -1.04. The van der Waals surface area contributed by atoms with Gasteiger partial charge in [0.1, 0.15) is 5.75 Å². The van der Waals surface area contributed by atoms with Crippen LogP contribution in [0.2, 0.25) is 12.1 Å². The van der Waals surface area contributed by atoms with E-state index in [2.05, 4.69) is 31.7 Å². The minimum absolute atomic E-state index is 0.980. The summed E-state index contributed by atoms with van der Waals surface area (Å²) in [6.45, 7) is 2.24. The Morgan fingerprint density at radius 3 is 2.44 bits per heavy atom. The molecule has 1 atom stereocenters. The molecular weight excluding hydrogens is 232 g/mol. The SMILES string of the molecule is CCCC[SiH](CCCS)Oc1ccccc1. The summed E-state index contributed by atoms with van der Waals surface area (Å²) in [6.07, 6.45) is 3.76. The van der Waals surface area contributed by atoms with Gasteiger partial charge in [0, 0.05) is 0 Å². The Bertz CT molecular complexity index is 258. The average molecular weight is 254 g/mol. The largest absolute Gasteiger partial charge is 0.546 e. The third kappa shape index (κ3) is 5.61. The predicted octanol–water partition coefficient (Wildman–Crippen LogP) is 3.91. The quantitative estimate of drug-likeness (QED) is 0.546. The van der Waals surface area contributed by atoms with E-state index in [1.807, 2.05) is 18.2 Å². The molecule has 3 heteroatoms. The molecule has 0 saturated heterocycles. The van der Waals surface area contributed by atoms with Crippen molar-refractivity contribution in [3.63, 3.8) is 0 Å². The van der Waals surface area contributed by atoms with Crippen LogP contribution in [-0.4, -0.2) is 14.8 Å². The van der Waals surface area contributed by atoms with Gasteiger partial charge in [-0.25, -0.2) is 0 Å². The van der Waals surface area contributed by atoms with Crippen LogP contribution in [0.15, 0.2) is 30.3 Å². The first-order valence-electron chi connectivity index (χ1n) is 6.19. The number of benzene rings is 1. The Balaban J connectivity index is 2.42. The zero-order chi connectivity index (χ0) is 11.6. The lowest BCUT2D eigenvalue weighted by molar-refractivity contribution is 0.556. The molecule has 0 aliphatic rings. The molecule has 0 spiro atoms. The summed E-state index contributed by atoms with van der Waals surface area (Å²) in [6, 6.07) is 12.8. The summed E-state index contributed by atoms with van der Waals surface area (Å²) in [5, 5.41) is 0. The monoisotopic (exact) mass is 254 g/mol. The maximum Gasteiger partial charge on any atom is 0.235 e. The molecule has 16 heavy (non-hydrogen) atoms. The average Bonchev–Trinajstić information content (AvgIpc) is 2.34. The van der Waals surface area contributed by atoms with Crippen molar-refractivity contribution in [2.45, 2.75) is 38.3 Å². The van der Waals surface area contributed by atoms with Crippen molar-refractivity contribution in [3.8, 4) is 5.75 Å². The van der Waals surface area contributed by atoms with Crippen molar-refractivity contribution in [1.82, 2.24) is 0 Å². The molecule has 0 aliphatic carbocycles. The molecule has 0 amide bonds. The van der Waals surface area contributed by atoms with Gasteiger partial charge in [0.05, 0.1) is 0 Å². The molecule has 0 N–H and O–H groups in total. The standard InChI is InChI=1S/C13H22OSSi/c1-2-3-11-16(12-7-10-15)14-13-8-5-4-6-9-13/h4-6,8-9,15-16H,2-3,7,10-12H2,1H3.